The second-order valence-electron chi connectivity index (χ2n) is 5.81. The summed E-state index contributed by atoms with van der Waals surface area (Å²) in [5.74, 6) is -0.173. The minimum absolute atomic E-state index is 0.0424. The minimum Gasteiger partial charge on any atom is -0.432 e. The zero-order chi connectivity index (χ0) is 11.9. The predicted molar refractivity (Wildman–Crippen MR) is 60.8 cm³/mol. The molecule has 3 nitrogen and oxygen atoms in total. The molecule has 0 aromatic heterocycles. The lowest BCUT2D eigenvalue weighted by Gasteiger charge is -2.40. The second kappa shape index (κ2) is 3.88. The summed E-state index contributed by atoms with van der Waals surface area (Å²) in [7, 11) is 0. The fourth-order valence-electron chi connectivity index (χ4n) is 2.27. The highest BCUT2D eigenvalue weighted by molar-refractivity contribution is 5.91. The number of carbonyl (C=O) groups excluding carboxylic acids is 1. The van der Waals surface area contributed by atoms with Crippen molar-refractivity contribution in [2.75, 3.05) is 0 Å². The number of allylic oxidation sites excluding steroid dienone is 1. The molecule has 1 aliphatic heterocycles. The van der Waals surface area contributed by atoms with Crippen molar-refractivity contribution in [3.63, 3.8) is 0 Å². The zero-order valence-corrected chi connectivity index (χ0v) is 10.5. The molecule has 2 unspecified atom stereocenters. The minimum atomic E-state index is -0.417. The van der Waals surface area contributed by atoms with Crippen LogP contribution in [-0.4, -0.2) is 18.4 Å². The van der Waals surface area contributed by atoms with Crippen LogP contribution in [0.5, 0.6) is 0 Å². The van der Waals surface area contributed by atoms with Gasteiger partial charge in [-0.05, 0) is 26.2 Å². The number of carbonyl (C=O) groups is 1. The maximum absolute atomic E-state index is 11.9. The molecule has 1 heterocycles. The molecule has 0 radical (unpaired) electrons. The van der Waals surface area contributed by atoms with E-state index in [1.807, 2.05) is 27.7 Å². The molecule has 0 aromatic rings. The Morgan fingerprint density at radius 2 is 2.00 bits per heavy atom. The summed E-state index contributed by atoms with van der Waals surface area (Å²) in [6.07, 6.45) is 2.57. The van der Waals surface area contributed by atoms with Crippen LogP contribution in [0.15, 0.2) is 11.1 Å². The molecule has 0 spiro atoms. The molecule has 0 bridgehead atoms. The normalized spacial score (nSPS) is 31.1. The maximum atomic E-state index is 11.9. The van der Waals surface area contributed by atoms with Gasteiger partial charge in [0.25, 0.3) is 0 Å². The molecular weight excluding hydrogens is 204 g/mol. The number of hydrogen-bond acceptors (Lipinski definition) is 3. The van der Waals surface area contributed by atoms with Gasteiger partial charge in [-0.3, -0.25) is 0 Å². The monoisotopic (exact) mass is 224 g/mol. The van der Waals surface area contributed by atoms with Crippen molar-refractivity contribution in [2.24, 2.45) is 5.41 Å². The molecule has 2 aliphatic rings. The number of ether oxygens (including phenoxy) is 2. The fourth-order valence-corrected chi connectivity index (χ4v) is 2.27. The molecule has 0 aromatic carbocycles. The summed E-state index contributed by atoms with van der Waals surface area (Å²) < 4.78 is 11.3. The van der Waals surface area contributed by atoms with Crippen molar-refractivity contribution in [3.05, 3.63) is 11.1 Å². The summed E-state index contributed by atoms with van der Waals surface area (Å²) >= 11 is 0. The van der Waals surface area contributed by atoms with Gasteiger partial charge in [0.1, 0.15) is 0 Å². The van der Waals surface area contributed by atoms with Gasteiger partial charge in [0, 0.05) is 5.41 Å². The Bertz CT molecular complexity index is 336. The van der Waals surface area contributed by atoms with Gasteiger partial charge in [-0.25, -0.2) is 4.79 Å². The first-order chi connectivity index (χ1) is 7.39. The molecule has 90 valence electrons. The number of hydrogen-bond donors (Lipinski definition) is 0. The number of esters is 1. The Labute approximate surface area is 96.8 Å². The molecule has 2 atom stereocenters. The first-order valence-corrected chi connectivity index (χ1v) is 5.95. The second-order valence-corrected chi connectivity index (χ2v) is 5.81. The number of fused-ring (bicyclic) bond motifs is 1. The molecule has 1 fully saturated rings. The van der Waals surface area contributed by atoms with Crippen LogP contribution < -0.4 is 0 Å². The van der Waals surface area contributed by atoms with Gasteiger partial charge in [0.05, 0.1) is 11.7 Å². The summed E-state index contributed by atoms with van der Waals surface area (Å²) in [5, 5.41) is 0. The average molecular weight is 224 g/mol. The number of rotatable bonds is 0. The fraction of sp³-hybridized carbons (Fsp3) is 0.769. The Hall–Kier alpha value is -0.830. The van der Waals surface area contributed by atoms with Crippen LogP contribution in [0.4, 0.5) is 0 Å². The quantitative estimate of drug-likeness (QED) is 0.593. The van der Waals surface area contributed by atoms with Crippen LogP contribution >= 0.6 is 0 Å². The Balaban J connectivity index is 2.24. The third-order valence-corrected chi connectivity index (χ3v) is 3.23. The van der Waals surface area contributed by atoms with Crippen LogP contribution in [0, 0.1) is 5.41 Å². The number of cyclic esters (lactones) is 1. The van der Waals surface area contributed by atoms with E-state index >= 15 is 0 Å². The van der Waals surface area contributed by atoms with E-state index in [2.05, 4.69) is 0 Å². The van der Waals surface area contributed by atoms with E-state index in [0.29, 0.717) is 0 Å². The van der Waals surface area contributed by atoms with Gasteiger partial charge in [-0.2, -0.15) is 0 Å². The van der Waals surface area contributed by atoms with Gasteiger partial charge < -0.3 is 9.47 Å². The summed E-state index contributed by atoms with van der Waals surface area (Å²) in [5.41, 5.74) is 1.74. The van der Waals surface area contributed by atoms with E-state index in [4.69, 9.17) is 9.47 Å². The Kier molecular flexibility index (Phi) is 2.82. The van der Waals surface area contributed by atoms with Crippen LogP contribution in [-0.2, 0) is 14.3 Å². The van der Waals surface area contributed by atoms with E-state index in [9.17, 15) is 4.79 Å². The smallest absolute Gasteiger partial charge is 0.338 e. The average Bonchev–Trinajstić information content (AvgIpc) is 2.15. The van der Waals surface area contributed by atoms with Crippen molar-refractivity contribution in [1.29, 1.82) is 0 Å². The molecule has 1 aliphatic carbocycles. The largest absolute Gasteiger partial charge is 0.432 e. The van der Waals surface area contributed by atoms with Gasteiger partial charge in [0.2, 0.25) is 6.29 Å². The Morgan fingerprint density at radius 3 is 2.62 bits per heavy atom. The third-order valence-electron chi connectivity index (χ3n) is 3.23. The van der Waals surface area contributed by atoms with Crippen LogP contribution in [0.25, 0.3) is 0 Å². The summed E-state index contributed by atoms with van der Waals surface area (Å²) in [6, 6.07) is 0. The standard InChI is InChI=1S/C13H20O3/c1-8-6-5-7-9-10(8)11(14)16-12(15-9)13(2,3)4/h9,12H,5-7H2,1-4H3. The lowest BCUT2D eigenvalue weighted by molar-refractivity contribution is -0.230. The van der Waals surface area contributed by atoms with Crippen molar-refractivity contribution in [2.45, 2.75) is 59.4 Å². The van der Waals surface area contributed by atoms with Gasteiger partial charge in [0.15, 0.2) is 0 Å². The zero-order valence-electron chi connectivity index (χ0n) is 10.5. The SMILES string of the molecule is CC1=C2C(=O)OC(C(C)(C)C)OC2CCC1. The topological polar surface area (TPSA) is 35.5 Å². The molecule has 2 rings (SSSR count). The summed E-state index contributed by atoms with van der Waals surface area (Å²) in [6.45, 7) is 8.07. The van der Waals surface area contributed by atoms with Gasteiger partial charge >= 0.3 is 5.97 Å². The van der Waals surface area contributed by atoms with Crippen LogP contribution in [0.2, 0.25) is 0 Å². The molecular formula is C13H20O3. The van der Waals surface area contributed by atoms with Crippen molar-refractivity contribution in [3.8, 4) is 0 Å². The molecule has 0 N–H and O–H groups in total. The van der Waals surface area contributed by atoms with Crippen molar-refractivity contribution < 1.29 is 14.3 Å². The molecule has 0 amide bonds. The Morgan fingerprint density at radius 1 is 1.31 bits per heavy atom. The highest BCUT2D eigenvalue weighted by Gasteiger charge is 2.41. The van der Waals surface area contributed by atoms with Crippen LogP contribution in [0.1, 0.15) is 47.0 Å². The van der Waals surface area contributed by atoms with Crippen LogP contribution in [0.3, 0.4) is 0 Å². The lowest BCUT2D eigenvalue weighted by atomic mass is 9.88. The highest BCUT2D eigenvalue weighted by Crippen LogP contribution is 2.37. The summed E-state index contributed by atoms with van der Waals surface area (Å²) in [4.78, 5) is 11.9. The molecule has 0 saturated carbocycles. The lowest BCUT2D eigenvalue weighted by Crippen LogP contribution is -2.45. The van der Waals surface area contributed by atoms with Gasteiger partial charge in [-0.15, -0.1) is 0 Å². The van der Waals surface area contributed by atoms with E-state index in [1.165, 1.54) is 0 Å². The van der Waals surface area contributed by atoms with Crippen molar-refractivity contribution in [1.82, 2.24) is 0 Å². The molecule has 3 heteroatoms. The molecule has 16 heavy (non-hydrogen) atoms. The molecule has 1 saturated heterocycles. The maximum Gasteiger partial charge on any atom is 0.338 e. The van der Waals surface area contributed by atoms with E-state index in [-0.39, 0.29) is 17.5 Å². The first-order valence-electron chi connectivity index (χ1n) is 5.95. The van der Waals surface area contributed by atoms with E-state index in [0.717, 1.165) is 30.4 Å². The van der Waals surface area contributed by atoms with E-state index < -0.39 is 6.29 Å². The highest BCUT2D eigenvalue weighted by atomic mass is 16.7. The predicted octanol–water partition coefficient (Wildman–Crippen LogP) is 2.80. The third kappa shape index (κ3) is 2.01. The first kappa shape index (κ1) is 11.6. The van der Waals surface area contributed by atoms with E-state index in [1.54, 1.807) is 0 Å². The van der Waals surface area contributed by atoms with Gasteiger partial charge in [-0.1, -0.05) is 26.3 Å². The van der Waals surface area contributed by atoms with Crippen molar-refractivity contribution >= 4 is 5.97 Å².